The highest BCUT2D eigenvalue weighted by molar-refractivity contribution is 6.20. The summed E-state index contributed by atoms with van der Waals surface area (Å²) in [6.45, 7) is 43.2. The van der Waals surface area contributed by atoms with Gasteiger partial charge in [-0.1, -0.05) is 458 Å². The minimum absolute atomic E-state index is 0.00517. The first-order chi connectivity index (χ1) is 72.2. The van der Waals surface area contributed by atoms with E-state index in [1.54, 1.807) is 0 Å². The monoisotopic (exact) mass is 1940 g/mol. The van der Waals surface area contributed by atoms with Gasteiger partial charge in [0, 0.05) is 66.7 Å². The zero-order valence-corrected chi connectivity index (χ0v) is 89.0. The van der Waals surface area contributed by atoms with Crippen molar-refractivity contribution < 1.29 is 4.42 Å². The van der Waals surface area contributed by atoms with Crippen LogP contribution in [-0.4, -0.2) is 15.0 Å². The van der Waals surface area contributed by atoms with E-state index in [0.29, 0.717) is 17.5 Å². The molecule has 23 aromatic rings. The van der Waals surface area contributed by atoms with Gasteiger partial charge in [0.25, 0.3) is 0 Å². The molecule has 0 atom stereocenters. The van der Waals surface area contributed by atoms with E-state index in [4.69, 9.17) is 19.4 Å². The summed E-state index contributed by atoms with van der Waals surface area (Å²) in [5.41, 5.74) is 38.9. The highest BCUT2D eigenvalue weighted by Gasteiger charge is 2.51. The molecule has 0 radical (unpaired) electrons. The van der Waals surface area contributed by atoms with Gasteiger partial charge in [-0.3, -0.25) is 0 Å². The van der Waals surface area contributed by atoms with Crippen molar-refractivity contribution in [1.29, 1.82) is 0 Å². The topological polar surface area (TPSA) is 58.3 Å². The highest BCUT2D eigenvalue weighted by Crippen LogP contribution is 2.63. The van der Waals surface area contributed by atoms with Crippen molar-refractivity contribution in [2.45, 2.75) is 173 Å². The SMILES string of the molecule is CC1(C)c2ccccc2-c2c(ccc3c2ccc2ccc(-c4nc(-c5ccccc5)nc(-c5cccc6oc7ccccc7c56)n4)cc23)C1(C)C.CC1(C)c2ccccc2-c2ccc(N(c3ccccc3)c3ccc4c(ccc5c6c(ccc54)C(C)(C)C(C)(C)c4ccccc4-6)c3)cc21.CC1(C)c2ccccc2-c2ccc(N(c3ccccc3)c3cccc4c3ccc3c5c(ccc34)C(C)(C)C(C)(C)c3ccccc3-5)cc2C1(C)C. The quantitative estimate of drug-likeness (QED) is 0.134. The van der Waals surface area contributed by atoms with Gasteiger partial charge in [0.05, 0.1) is 5.69 Å². The molecule has 0 spiro atoms. The molecular weight excluding hydrogens is 1820 g/mol. The van der Waals surface area contributed by atoms with Crippen molar-refractivity contribution >= 4 is 121 Å². The third-order valence-corrected chi connectivity index (χ3v) is 37.7. The number of rotatable bonds is 9. The molecule has 150 heavy (non-hydrogen) atoms. The third-order valence-electron chi connectivity index (χ3n) is 37.7. The Hall–Kier alpha value is -16.4. The van der Waals surface area contributed by atoms with Crippen LogP contribution in [0, 0.1) is 0 Å². The molecule has 0 bridgehead atoms. The van der Waals surface area contributed by atoms with E-state index in [2.05, 4.69) is 492 Å². The molecule has 5 aliphatic rings. The van der Waals surface area contributed by atoms with Gasteiger partial charge in [-0.15, -0.1) is 0 Å². The maximum atomic E-state index is 6.25. The van der Waals surface area contributed by atoms with Gasteiger partial charge in [-0.05, 0) is 299 Å². The number of benzene rings is 21. The summed E-state index contributed by atoms with van der Waals surface area (Å²) in [6, 6.07) is 154. The van der Waals surface area contributed by atoms with Gasteiger partial charge < -0.3 is 14.2 Å². The highest BCUT2D eigenvalue weighted by atomic mass is 16.3. The molecule has 28 rings (SSSR count). The van der Waals surface area contributed by atoms with Crippen molar-refractivity contribution in [1.82, 2.24) is 15.0 Å². The predicted octanol–water partition coefficient (Wildman–Crippen LogP) is 39.3. The number of furan rings is 1. The lowest BCUT2D eigenvalue weighted by Crippen LogP contribution is -2.43. The van der Waals surface area contributed by atoms with Gasteiger partial charge in [0.15, 0.2) is 17.5 Å². The fourth-order valence-corrected chi connectivity index (χ4v) is 26.6. The molecule has 0 amide bonds. The average Bonchev–Trinajstić information content (AvgIpc) is 0.856. The van der Waals surface area contributed by atoms with Gasteiger partial charge >= 0.3 is 0 Å². The van der Waals surface area contributed by atoms with Crippen LogP contribution in [0.25, 0.3) is 176 Å². The van der Waals surface area contributed by atoms with Gasteiger partial charge in [0.1, 0.15) is 11.2 Å². The zero-order valence-electron chi connectivity index (χ0n) is 89.0. The minimum atomic E-state index is -0.0816. The molecule has 0 unspecified atom stereocenters. The smallest absolute Gasteiger partial charge is 0.164 e. The lowest BCUT2D eigenvalue weighted by molar-refractivity contribution is 0.299. The summed E-state index contributed by atoms with van der Waals surface area (Å²) in [5.74, 6) is 1.88. The second-order valence-corrected chi connectivity index (χ2v) is 47.3. The second-order valence-electron chi connectivity index (χ2n) is 47.3. The molecule has 0 aliphatic heterocycles. The Morgan fingerprint density at radius 1 is 0.180 bits per heavy atom. The molecule has 0 saturated heterocycles. The number of para-hydroxylation sites is 3. The number of anilines is 6. The van der Waals surface area contributed by atoms with E-state index in [0.717, 1.165) is 55.7 Å². The molecule has 6 heteroatoms. The first-order valence-corrected chi connectivity index (χ1v) is 53.4. The number of hydrogen-bond donors (Lipinski definition) is 0. The van der Waals surface area contributed by atoms with Crippen LogP contribution in [0.5, 0.6) is 0 Å². The molecule has 730 valence electrons. The zero-order chi connectivity index (χ0) is 103. The van der Waals surface area contributed by atoms with Crippen LogP contribution < -0.4 is 9.80 Å². The average molecular weight is 1940 g/mol. The van der Waals surface area contributed by atoms with Crippen molar-refractivity contribution in [3.8, 4) is 89.8 Å². The fourth-order valence-electron chi connectivity index (χ4n) is 26.6. The summed E-state index contributed by atoms with van der Waals surface area (Å²) in [4.78, 5) is 20.3. The Labute approximate surface area is 880 Å². The Kier molecular flexibility index (Phi) is 21.0. The lowest BCUT2D eigenvalue weighted by atomic mass is 9.55. The Morgan fingerprint density at radius 3 is 1.09 bits per heavy atom. The van der Waals surface area contributed by atoms with E-state index in [9.17, 15) is 0 Å². The first-order valence-electron chi connectivity index (χ1n) is 53.4. The van der Waals surface area contributed by atoms with Gasteiger partial charge in [-0.25, -0.2) is 15.0 Å². The molecular formula is C144H123N5O. The van der Waals surface area contributed by atoms with E-state index in [1.807, 2.05) is 60.7 Å². The standard InChI is InChI=1S/C50H47N.C47H35N3O.C47H41N/c1-47(2)41-22-14-12-19-36(41)37-26-25-33(31-44(37)50(47,7)8)51(32-17-10-9-11-18-32)45-24-16-21-34-35-29-30-43-46(39(35)28-27-38(34)45)40-20-13-15-23-42(40)48(3,4)49(43,5)6;1-46(2)37-18-10-8-15-33(37)41-32-24-23-28-21-22-30(27-36(28)31(32)25-26-38(41)47(46,3)4)44-48-43(29-13-6-5-7-14-29)49-45(50-44)35-17-12-20-40-42(35)34-16-9-11-19-39(34)51-40;1-45(2)40-18-12-10-16-36(40)37-25-22-33(29-43(37)45)48(31-14-8-7-9-15-31)32-21-24-34-30(28-32)20-23-38-35(34)26-27-42-44(38)39-17-11-13-19-41(39)46(3,4)47(42,5)6/h9-31H,1-8H3;5-27H,1-4H3;7-29H,1-6H3. The molecule has 0 fully saturated rings. The maximum absolute atomic E-state index is 6.25. The lowest BCUT2D eigenvalue weighted by Gasteiger charge is -2.48. The largest absolute Gasteiger partial charge is 0.456 e. The second kappa shape index (κ2) is 33.8. The molecule has 2 heterocycles. The van der Waals surface area contributed by atoms with Crippen LogP contribution in [-0.2, 0) is 48.7 Å². The van der Waals surface area contributed by atoms with Crippen LogP contribution in [0.3, 0.4) is 0 Å². The molecule has 6 nitrogen and oxygen atoms in total. The number of fused-ring (bicyclic) bond motifs is 30. The summed E-state index contributed by atoms with van der Waals surface area (Å²) < 4.78 is 6.25. The molecule has 0 saturated carbocycles. The van der Waals surface area contributed by atoms with Crippen molar-refractivity contribution in [3.63, 3.8) is 0 Å². The maximum Gasteiger partial charge on any atom is 0.164 e. The number of hydrogen-bond acceptors (Lipinski definition) is 6. The number of nitrogens with zero attached hydrogens (tertiary/aromatic N) is 5. The molecule has 2 aromatic heterocycles. The van der Waals surface area contributed by atoms with E-state index >= 15 is 0 Å². The van der Waals surface area contributed by atoms with E-state index < -0.39 is 0 Å². The molecule has 0 N–H and O–H groups in total. The van der Waals surface area contributed by atoms with Gasteiger partial charge in [-0.2, -0.15) is 0 Å². The van der Waals surface area contributed by atoms with Gasteiger partial charge in [0.2, 0.25) is 0 Å². The summed E-state index contributed by atoms with van der Waals surface area (Å²) in [6.07, 6.45) is 0. The Morgan fingerprint density at radius 2 is 0.527 bits per heavy atom. The fraction of sp³-hybridized carbons (Fsp3) is 0.188. The summed E-state index contributed by atoms with van der Waals surface area (Å²) in [5, 5.41) is 17.3. The van der Waals surface area contributed by atoms with E-state index in [1.165, 1.54) is 193 Å². The van der Waals surface area contributed by atoms with Crippen molar-refractivity contribution in [2.24, 2.45) is 0 Å². The predicted molar refractivity (Wildman–Crippen MR) is 634 cm³/mol. The summed E-state index contributed by atoms with van der Waals surface area (Å²) >= 11 is 0. The van der Waals surface area contributed by atoms with Crippen molar-refractivity contribution in [2.75, 3.05) is 9.80 Å². The number of aromatic nitrogens is 3. The molecule has 5 aliphatic carbocycles. The Bertz CT molecular complexity index is 9560. The van der Waals surface area contributed by atoms with Crippen LogP contribution in [0.2, 0.25) is 0 Å². The van der Waals surface area contributed by atoms with Crippen LogP contribution in [0.1, 0.15) is 180 Å². The first kappa shape index (κ1) is 93.4. The van der Waals surface area contributed by atoms with Crippen LogP contribution >= 0.6 is 0 Å². The Balaban J connectivity index is 0.000000113. The summed E-state index contributed by atoms with van der Waals surface area (Å²) in [7, 11) is 0. The molecule has 21 aromatic carbocycles. The van der Waals surface area contributed by atoms with Crippen LogP contribution in [0.4, 0.5) is 34.1 Å². The minimum Gasteiger partial charge on any atom is -0.456 e. The van der Waals surface area contributed by atoms with Crippen molar-refractivity contribution in [3.05, 3.63) is 474 Å². The van der Waals surface area contributed by atoms with Crippen LogP contribution in [0.15, 0.2) is 423 Å². The third kappa shape index (κ3) is 13.8. The normalized spacial score (nSPS) is 16.0. The van der Waals surface area contributed by atoms with E-state index in [-0.39, 0.29) is 48.7 Å².